The number of carbonyl (C=O) groups is 2. The van der Waals surface area contributed by atoms with Gasteiger partial charge in [0.25, 0.3) is 5.91 Å². The summed E-state index contributed by atoms with van der Waals surface area (Å²) in [5.74, 6) is -1.25. The topological polar surface area (TPSA) is 73.9 Å². The number of hydrogen-bond acceptors (Lipinski definition) is 5. The average molecular weight is 441 g/mol. The summed E-state index contributed by atoms with van der Waals surface area (Å²) in [6.07, 6.45) is 1.50. The summed E-state index contributed by atoms with van der Waals surface area (Å²) in [4.78, 5) is 24.4. The van der Waals surface area contributed by atoms with Gasteiger partial charge in [0.1, 0.15) is 0 Å². The minimum atomic E-state index is -2.98. The second-order valence-electron chi connectivity index (χ2n) is 6.75. The molecule has 3 aromatic carbocycles. The Balaban J connectivity index is 1.58. The maximum Gasteiger partial charge on any atom is 0.387 e. The van der Waals surface area contributed by atoms with Gasteiger partial charge in [0.2, 0.25) is 0 Å². The zero-order valence-electron chi connectivity index (χ0n) is 17.4. The first-order chi connectivity index (χ1) is 15.4. The van der Waals surface area contributed by atoms with Crippen LogP contribution in [0.25, 0.3) is 16.8 Å². The van der Waals surface area contributed by atoms with Gasteiger partial charge < -0.3 is 19.5 Å². The molecule has 0 aromatic heterocycles. The third-order valence-corrected chi connectivity index (χ3v) is 4.49. The van der Waals surface area contributed by atoms with Crippen LogP contribution in [0.15, 0.2) is 66.7 Å². The van der Waals surface area contributed by atoms with E-state index in [-0.39, 0.29) is 11.5 Å². The monoisotopic (exact) mass is 441 g/mol. The van der Waals surface area contributed by atoms with Gasteiger partial charge >= 0.3 is 12.6 Å². The van der Waals surface area contributed by atoms with Crippen molar-refractivity contribution in [2.75, 3.05) is 12.4 Å². The van der Waals surface area contributed by atoms with Crippen LogP contribution in [0.4, 0.5) is 14.5 Å². The smallest absolute Gasteiger partial charge is 0.387 e. The standard InChI is InChI=1S/C24H21F2NO5/c1-15(23(29)27-19-10-9-17-5-3-4-6-18(17)14-19)31-22(28)12-8-16-7-11-20(32-24(25)26)21(13-16)30-2/h3-15,24H,1-2H3,(H,27,29)/b12-8+. The van der Waals surface area contributed by atoms with Gasteiger partial charge in [-0.2, -0.15) is 8.78 Å². The maximum atomic E-state index is 12.4. The van der Waals surface area contributed by atoms with E-state index in [1.807, 2.05) is 36.4 Å². The van der Waals surface area contributed by atoms with Crippen LogP contribution in [0.3, 0.4) is 0 Å². The highest BCUT2D eigenvalue weighted by atomic mass is 19.3. The van der Waals surface area contributed by atoms with Gasteiger partial charge in [-0.1, -0.05) is 36.4 Å². The Morgan fingerprint density at radius 2 is 1.72 bits per heavy atom. The predicted molar refractivity (Wildman–Crippen MR) is 117 cm³/mol. The highest BCUT2D eigenvalue weighted by Crippen LogP contribution is 2.29. The first-order valence-corrected chi connectivity index (χ1v) is 9.67. The zero-order valence-corrected chi connectivity index (χ0v) is 17.4. The summed E-state index contributed by atoms with van der Waals surface area (Å²) in [6.45, 7) is -1.52. The molecule has 166 valence electrons. The highest BCUT2D eigenvalue weighted by Gasteiger charge is 2.17. The van der Waals surface area contributed by atoms with Gasteiger partial charge in [-0.05, 0) is 53.6 Å². The zero-order chi connectivity index (χ0) is 23.1. The number of fused-ring (bicyclic) bond motifs is 1. The second-order valence-corrected chi connectivity index (χ2v) is 6.75. The van der Waals surface area contributed by atoms with Crippen LogP contribution in [-0.4, -0.2) is 31.7 Å². The largest absolute Gasteiger partial charge is 0.493 e. The predicted octanol–water partition coefficient (Wildman–Crippen LogP) is 5.03. The van der Waals surface area contributed by atoms with E-state index in [4.69, 9.17) is 9.47 Å². The number of alkyl halides is 2. The van der Waals surface area contributed by atoms with E-state index in [0.717, 1.165) is 16.8 Å². The number of amides is 1. The first kappa shape index (κ1) is 22.7. The van der Waals surface area contributed by atoms with Gasteiger partial charge in [0, 0.05) is 11.8 Å². The van der Waals surface area contributed by atoms with Crippen molar-refractivity contribution in [3.8, 4) is 11.5 Å². The molecule has 1 unspecified atom stereocenters. The van der Waals surface area contributed by atoms with Crippen molar-refractivity contribution in [3.05, 3.63) is 72.3 Å². The van der Waals surface area contributed by atoms with Gasteiger partial charge in [-0.25, -0.2) is 4.79 Å². The summed E-state index contributed by atoms with van der Waals surface area (Å²) < 4.78 is 39.3. The van der Waals surface area contributed by atoms with Gasteiger partial charge in [0.05, 0.1) is 7.11 Å². The summed E-state index contributed by atoms with van der Waals surface area (Å²) in [5.41, 5.74) is 1.08. The third-order valence-electron chi connectivity index (χ3n) is 4.49. The number of carbonyl (C=O) groups excluding carboxylic acids is 2. The molecule has 0 spiro atoms. The van der Waals surface area contributed by atoms with Crippen molar-refractivity contribution in [2.45, 2.75) is 19.6 Å². The van der Waals surface area contributed by atoms with Crippen molar-refractivity contribution in [1.29, 1.82) is 0 Å². The Kier molecular flexibility index (Phi) is 7.38. The molecule has 1 N–H and O–H groups in total. The van der Waals surface area contributed by atoms with Crippen molar-refractivity contribution < 1.29 is 32.6 Å². The molecule has 0 saturated carbocycles. The number of methoxy groups -OCH3 is 1. The summed E-state index contributed by atoms with van der Waals surface area (Å²) in [5, 5.41) is 4.73. The van der Waals surface area contributed by atoms with E-state index in [0.29, 0.717) is 11.3 Å². The Labute approximate surface area is 183 Å². The van der Waals surface area contributed by atoms with Crippen LogP contribution < -0.4 is 14.8 Å². The summed E-state index contributed by atoms with van der Waals surface area (Å²) >= 11 is 0. The number of anilines is 1. The maximum absolute atomic E-state index is 12.4. The number of ether oxygens (including phenoxy) is 3. The molecule has 32 heavy (non-hydrogen) atoms. The average Bonchev–Trinajstić information content (AvgIpc) is 2.77. The minimum Gasteiger partial charge on any atom is -0.493 e. The molecule has 0 aliphatic carbocycles. The lowest BCUT2D eigenvalue weighted by atomic mass is 10.1. The molecule has 3 rings (SSSR count). The molecular formula is C24H21F2NO5. The quantitative estimate of drug-likeness (QED) is 0.392. The number of hydrogen-bond donors (Lipinski definition) is 1. The van der Waals surface area contributed by atoms with Gasteiger partial charge in [-0.15, -0.1) is 0 Å². The van der Waals surface area contributed by atoms with Crippen molar-refractivity contribution in [1.82, 2.24) is 0 Å². The molecule has 0 aliphatic heterocycles. The Bertz CT molecular complexity index is 1150. The normalized spacial score (nSPS) is 12.0. The fraction of sp³-hybridized carbons (Fsp3) is 0.167. The van der Waals surface area contributed by atoms with E-state index in [1.165, 1.54) is 38.3 Å². The van der Waals surface area contributed by atoms with Gasteiger partial charge in [0.15, 0.2) is 17.6 Å². The molecule has 6 nitrogen and oxygen atoms in total. The minimum absolute atomic E-state index is 0.0870. The molecule has 0 aliphatic rings. The molecule has 0 radical (unpaired) electrons. The van der Waals surface area contributed by atoms with Crippen LogP contribution >= 0.6 is 0 Å². The number of benzene rings is 3. The molecule has 8 heteroatoms. The van der Waals surface area contributed by atoms with E-state index in [9.17, 15) is 18.4 Å². The molecule has 0 fully saturated rings. The molecule has 0 bridgehead atoms. The summed E-state index contributed by atoms with van der Waals surface area (Å²) in [7, 11) is 1.31. The van der Waals surface area contributed by atoms with Crippen LogP contribution in [0, 0.1) is 0 Å². The van der Waals surface area contributed by atoms with E-state index in [1.54, 1.807) is 6.07 Å². The first-order valence-electron chi connectivity index (χ1n) is 9.67. The van der Waals surface area contributed by atoms with Crippen LogP contribution in [0.1, 0.15) is 12.5 Å². The van der Waals surface area contributed by atoms with Crippen LogP contribution in [0.2, 0.25) is 0 Å². The number of nitrogens with one attached hydrogen (secondary N) is 1. The molecule has 3 aromatic rings. The van der Waals surface area contributed by atoms with Crippen molar-refractivity contribution in [2.24, 2.45) is 0 Å². The number of esters is 1. The van der Waals surface area contributed by atoms with Crippen LogP contribution in [-0.2, 0) is 14.3 Å². The van der Waals surface area contributed by atoms with E-state index >= 15 is 0 Å². The highest BCUT2D eigenvalue weighted by molar-refractivity contribution is 5.98. The third kappa shape index (κ3) is 6.04. The van der Waals surface area contributed by atoms with Crippen molar-refractivity contribution in [3.63, 3.8) is 0 Å². The second kappa shape index (κ2) is 10.4. The van der Waals surface area contributed by atoms with Crippen molar-refractivity contribution >= 4 is 34.4 Å². The van der Waals surface area contributed by atoms with Gasteiger partial charge in [-0.3, -0.25) is 4.79 Å². The fourth-order valence-corrected chi connectivity index (χ4v) is 2.92. The molecule has 0 heterocycles. The van der Waals surface area contributed by atoms with E-state index < -0.39 is 24.6 Å². The Morgan fingerprint density at radius 3 is 2.44 bits per heavy atom. The SMILES string of the molecule is COc1cc(/C=C/C(=O)OC(C)C(=O)Nc2ccc3ccccc3c2)ccc1OC(F)F. The Morgan fingerprint density at radius 1 is 0.969 bits per heavy atom. The lowest BCUT2D eigenvalue weighted by Crippen LogP contribution is -2.29. The molecule has 0 saturated heterocycles. The molecular weight excluding hydrogens is 420 g/mol. The Hall–Kier alpha value is -3.94. The number of rotatable bonds is 8. The fourth-order valence-electron chi connectivity index (χ4n) is 2.92. The van der Waals surface area contributed by atoms with Crippen LogP contribution in [0.5, 0.6) is 11.5 Å². The molecule has 1 atom stereocenters. The molecule has 1 amide bonds. The summed E-state index contributed by atoms with van der Waals surface area (Å²) in [6, 6.07) is 17.4. The van der Waals surface area contributed by atoms with E-state index in [2.05, 4.69) is 10.1 Å². The number of halogens is 2. The lowest BCUT2D eigenvalue weighted by Gasteiger charge is -2.13. The lowest BCUT2D eigenvalue weighted by molar-refractivity contribution is -0.148.